The zero-order chi connectivity index (χ0) is 16.2. The van der Waals surface area contributed by atoms with Crippen molar-refractivity contribution in [1.82, 2.24) is 4.90 Å². The van der Waals surface area contributed by atoms with Crippen LogP contribution in [0.5, 0.6) is 0 Å². The highest BCUT2D eigenvalue weighted by Gasteiger charge is 2.18. The summed E-state index contributed by atoms with van der Waals surface area (Å²) in [6.07, 6.45) is 2.44. The Balaban J connectivity index is 1.76. The van der Waals surface area contributed by atoms with Crippen molar-refractivity contribution < 1.29 is 9.18 Å². The number of nitrogens with zero attached hydrogens (tertiary/aromatic N) is 2. The number of halogens is 1. The molecule has 0 bridgehead atoms. The van der Waals surface area contributed by atoms with Crippen LogP contribution in [0.15, 0.2) is 48.5 Å². The molecule has 1 amide bonds. The van der Waals surface area contributed by atoms with E-state index in [4.69, 9.17) is 0 Å². The highest BCUT2D eigenvalue weighted by Crippen LogP contribution is 2.25. The Morgan fingerprint density at radius 3 is 2.43 bits per heavy atom. The zero-order valence-corrected chi connectivity index (χ0v) is 13.3. The van der Waals surface area contributed by atoms with Crippen molar-refractivity contribution in [3.05, 3.63) is 65.5 Å². The van der Waals surface area contributed by atoms with Crippen molar-refractivity contribution in [1.29, 1.82) is 0 Å². The molecule has 1 saturated heterocycles. The molecule has 0 unspecified atom stereocenters. The van der Waals surface area contributed by atoms with Gasteiger partial charge in [-0.15, -0.1) is 0 Å². The van der Waals surface area contributed by atoms with E-state index in [1.165, 1.54) is 42.8 Å². The first-order chi connectivity index (χ1) is 11.1. The molecule has 1 aliphatic heterocycles. The molecule has 0 aliphatic carbocycles. The van der Waals surface area contributed by atoms with Crippen LogP contribution in [0.25, 0.3) is 0 Å². The van der Waals surface area contributed by atoms with Crippen molar-refractivity contribution in [2.45, 2.75) is 19.4 Å². The lowest BCUT2D eigenvalue weighted by Crippen LogP contribution is -2.28. The summed E-state index contributed by atoms with van der Waals surface area (Å²) in [6.45, 7) is 2.70. The molecule has 1 heterocycles. The lowest BCUT2D eigenvalue weighted by atomic mass is 10.1. The van der Waals surface area contributed by atoms with Crippen molar-refractivity contribution in [3.8, 4) is 0 Å². The third-order valence-corrected chi connectivity index (χ3v) is 4.28. The van der Waals surface area contributed by atoms with Gasteiger partial charge in [0.2, 0.25) is 0 Å². The van der Waals surface area contributed by atoms with Crippen molar-refractivity contribution in [3.63, 3.8) is 0 Å². The molecule has 0 aromatic heterocycles. The summed E-state index contributed by atoms with van der Waals surface area (Å²) in [4.78, 5) is 16.5. The van der Waals surface area contributed by atoms with Crippen LogP contribution in [0.3, 0.4) is 0 Å². The third-order valence-electron chi connectivity index (χ3n) is 4.28. The quantitative estimate of drug-likeness (QED) is 0.859. The van der Waals surface area contributed by atoms with Gasteiger partial charge in [0.1, 0.15) is 5.82 Å². The molecule has 0 atom stereocenters. The summed E-state index contributed by atoms with van der Waals surface area (Å²) < 4.78 is 13.0. The second-order valence-electron chi connectivity index (χ2n) is 5.99. The summed E-state index contributed by atoms with van der Waals surface area (Å²) >= 11 is 0. The summed E-state index contributed by atoms with van der Waals surface area (Å²) in [7, 11) is 1.78. The summed E-state index contributed by atoms with van der Waals surface area (Å²) in [5, 5.41) is 0. The first kappa shape index (κ1) is 15.5. The van der Waals surface area contributed by atoms with Crippen LogP contribution in [0.4, 0.5) is 10.1 Å². The smallest absolute Gasteiger partial charge is 0.253 e. The van der Waals surface area contributed by atoms with Crippen LogP contribution < -0.4 is 4.90 Å². The molecule has 0 saturated carbocycles. The van der Waals surface area contributed by atoms with E-state index in [0.717, 1.165) is 18.7 Å². The van der Waals surface area contributed by atoms with Gasteiger partial charge in [0.15, 0.2) is 0 Å². The van der Waals surface area contributed by atoms with Gasteiger partial charge in [0.25, 0.3) is 5.91 Å². The molecule has 0 N–H and O–H groups in total. The van der Waals surface area contributed by atoms with Gasteiger partial charge >= 0.3 is 0 Å². The number of para-hydroxylation sites is 1. The molecule has 1 aliphatic rings. The molecule has 2 aromatic carbocycles. The van der Waals surface area contributed by atoms with E-state index in [-0.39, 0.29) is 11.7 Å². The molecule has 2 aromatic rings. The maximum absolute atomic E-state index is 13.0. The van der Waals surface area contributed by atoms with Crippen LogP contribution in [-0.2, 0) is 6.54 Å². The van der Waals surface area contributed by atoms with E-state index in [1.54, 1.807) is 11.9 Å². The van der Waals surface area contributed by atoms with Crippen molar-refractivity contribution in [2.75, 3.05) is 25.0 Å². The fourth-order valence-electron chi connectivity index (χ4n) is 3.05. The number of amides is 1. The Labute approximate surface area is 136 Å². The van der Waals surface area contributed by atoms with Crippen LogP contribution in [-0.4, -0.2) is 30.9 Å². The number of hydrogen-bond acceptors (Lipinski definition) is 2. The number of rotatable bonds is 4. The van der Waals surface area contributed by atoms with Gasteiger partial charge in [-0.25, -0.2) is 4.39 Å². The molecular weight excluding hydrogens is 291 g/mol. The van der Waals surface area contributed by atoms with Crippen LogP contribution in [0, 0.1) is 5.82 Å². The monoisotopic (exact) mass is 312 g/mol. The molecule has 3 rings (SSSR count). The molecule has 23 heavy (non-hydrogen) atoms. The predicted octanol–water partition coefficient (Wildman–Crippen LogP) is 3.70. The minimum Gasteiger partial charge on any atom is -0.371 e. The normalized spacial score (nSPS) is 14.1. The molecule has 0 spiro atoms. The average Bonchev–Trinajstić information content (AvgIpc) is 3.09. The fourth-order valence-corrected chi connectivity index (χ4v) is 3.05. The highest BCUT2D eigenvalue weighted by atomic mass is 19.1. The first-order valence-electron chi connectivity index (χ1n) is 7.99. The van der Waals surface area contributed by atoms with Crippen molar-refractivity contribution >= 4 is 11.6 Å². The van der Waals surface area contributed by atoms with Crippen LogP contribution in [0.1, 0.15) is 28.8 Å². The number of benzene rings is 2. The van der Waals surface area contributed by atoms with E-state index in [2.05, 4.69) is 17.0 Å². The Morgan fingerprint density at radius 1 is 1.09 bits per heavy atom. The van der Waals surface area contributed by atoms with E-state index < -0.39 is 0 Å². The molecule has 0 radical (unpaired) electrons. The predicted molar refractivity (Wildman–Crippen MR) is 90.1 cm³/mol. The minimum absolute atomic E-state index is 0.0961. The first-order valence-corrected chi connectivity index (χ1v) is 7.99. The zero-order valence-electron chi connectivity index (χ0n) is 13.3. The van der Waals surface area contributed by atoms with E-state index in [9.17, 15) is 9.18 Å². The lowest BCUT2D eigenvalue weighted by Gasteiger charge is -2.24. The average molecular weight is 312 g/mol. The van der Waals surface area contributed by atoms with Gasteiger partial charge in [-0.1, -0.05) is 18.2 Å². The van der Waals surface area contributed by atoms with Crippen molar-refractivity contribution in [2.24, 2.45) is 0 Å². The topological polar surface area (TPSA) is 23.6 Å². The van der Waals surface area contributed by atoms with Crippen LogP contribution in [0.2, 0.25) is 0 Å². The number of carbonyl (C=O) groups excluding carboxylic acids is 1. The fraction of sp³-hybridized carbons (Fsp3) is 0.316. The summed E-state index contributed by atoms with van der Waals surface area (Å²) in [5.74, 6) is -0.426. The molecule has 4 heteroatoms. The second-order valence-corrected chi connectivity index (χ2v) is 5.99. The SMILES string of the molecule is CN(Cc1ccccc1N1CCCC1)C(=O)c1ccc(F)cc1. The molecule has 120 valence electrons. The Hall–Kier alpha value is -2.36. The second kappa shape index (κ2) is 6.82. The van der Waals surface area contributed by atoms with Gasteiger partial charge in [0, 0.05) is 37.9 Å². The summed E-state index contributed by atoms with van der Waals surface area (Å²) in [6, 6.07) is 13.9. The number of anilines is 1. The third kappa shape index (κ3) is 3.52. The standard InChI is InChI=1S/C19H21FN2O/c1-21(19(23)15-8-10-17(20)11-9-15)14-16-6-2-3-7-18(16)22-12-4-5-13-22/h2-3,6-11H,4-5,12-14H2,1H3. The van der Waals surface area contributed by atoms with Gasteiger partial charge in [-0.05, 0) is 48.7 Å². The van der Waals surface area contributed by atoms with Gasteiger partial charge in [-0.3, -0.25) is 4.79 Å². The maximum Gasteiger partial charge on any atom is 0.253 e. The van der Waals surface area contributed by atoms with E-state index >= 15 is 0 Å². The Kier molecular flexibility index (Phi) is 4.60. The molecular formula is C19H21FN2O. The largest absolute Gasteiger partial charge is 0.371 e. The molecule has 3 nitrogen and oxygen atoms in total. The minimum atomic E-state index is -0.330. The number of hydrogen-bond donors (Lipinski definition) is 0. The van der Waals surface area contributed by atoms with Gasteiger partial charge in [-0.2, -0.15) is 0 Å². The van der Waals surface area contributed by atoms with Gasteiger partial charge in [0.05, 0.1) is 0 Å². The molecule has 1 fully saturated rings. The number of carbonyl (C=O) groups is 1. The Morgan fingerprint density at radius 2 is 1.74 bits per heavy atom. The highest BCUT2D eigenvalue weighted by molar-refractivity contribution is 5.94. The summed E-state index contributed by atoms with van der Waals surface area (Å²) in [5.41, 5.74) is 2.86. The maximum atomic E-state index is 13.0. The van der Waals surface area contributed by atoms with E-state index in [0.29, 0.717) is 12.1 Å². The Bertz CT molecular complexity index is 678. The van der Waals surface area contributed by atoms with Crippen LogP contribution >= 0.6 is 0 Å². The lowest BCUT2D eigenvalue weighted by molar-refractivity contribution is 0.0785. The van der Waals surface area contributed by atoms with E-state index in [1.807, 2.05) is 12.1 Å². The van der Waals surface area contributed by atoms with Gasteiger partial charge < -0.3 is 9.80 Å².